The summed E-state index contributed by atoms with van der Waals surface area (Å²) in [7, 11) is 0. The van der Waals surface area contributed by atoms with Crippen LogP contribution in [0, 0.1) is 19.7 Å². The van der Waals surface area contributed by atoms with E-state index in [0.717, 1.165) is 15.7 Å². The lowest BCUT2D eigenvalue weighted by Crippen LogP contribution is -2.29. The van der Waals surface area contributed by atoms with Crippen molar-refractivity contribution in [3.63, 3.8) is 0 Å². The second-order valence-corrected chi connectivity index (χ2v) is 6.99. The third kappa shape index (κ3) is 3.30. The summed E-state index contributed by atoms with van der Waals surface area (Å²) < 4.78 is 14.9. The van der Waals surface area contributed by atoms with Crippen molar-refractivity contribution in [2.24, 2.45) is 0 Å². The number of fused-ring (bicyclic) bond motifs is 1. The number of halogens is 1. The Bertz CT molecular complexity index is 1360. The molecule has 4 aromatic rings. The molecule has 150 valence electrons. The van der Waals surface area contributed by atoms with Crippen molar-refractivity contribution in [3.05, 3.63) is 93.7 Å². The predicted molar refractivity (Wildman–Crippen MR) is 113 cm³/mol. The van der Waals surface area contributed by atoms with Gasteiger partial charge in [-0.05, 0) is 55.8 Å². The number of nitrogens with zero attached hydrogens (tertiary/aromatic N) is 2. The number of hydrogen-bond donors (Lipinski definition) is 2. The number of nitrogens with one attached hydrogen (secondary N) is 1. The van der Waals surface area contributed by atoms with E-state index in [1.165, 1.54) is 30.5 Å². The summed E-state index contributed by atoms with van der Waals surface area (Å²) in [6, 6.07) is 14.0. The van der Waals surface area contributed by atoms with Gasteiger partial charge in [0.05, 0.1) is 11.1 Å². The highest BCUT2D eigenvalue weighted by atomic mass is 19.1. The van der Waals surface area contributed by atoms with E-state index in [-0.39, 0.29) is 16.7 Å². The Morgan fingerprint density at radius 1 is 1.10 bits per heavy atom. The zero-order valence-electron chi connectivity index (χ0n) is 16.3. The number of carbonyl (C=O) groups is 1. The molecule has 2 aromatic heterocycles. The van der Waals surface area contributed by atoms with Gasteiger partial charge in [0, 0.05) is 11.9 Å². The maximum absolute atomic E-state index is 13.8. The largest absolute Gasteiger partial charge is 0.506 e. The van der Waals surface area contributed by atoms with Gasteiger partial charge in [0.2, 0.25) is 0 Å². The number of benzene rings is 2. The molecule has 0 bridgehead atoms. The van der Waals surface area contributed by atoms with E-state index in [2.05, 4.69) is 10.3 Å². The smallest absolute Gasteiger partial charge is 0.273 e. The molecule has 2 aromatic carbocycles. The van der Waals surface area contributed by atoms with Crippen molar-refractivity contribution in [1.29, 1.82) is 0 Å². The van der Waals surface area contributed by atoms with Crippen LogP contribution in [-0.4, -0.2) is 20.6 Å². The van der Waals surface area contributed by atoms with Crippen LogP contribution >= 0.6 is 0 Å². The number of pyridine rings is 2. The molecule has 0 atom stereocenters. The first-order valence-corrected chi connectivity index (χ1v) is 9.24. The second kappa shape index (κ2) is 7.44. The van der Waals surface area contributed by atoms with E-state index in [1.54, 1.807) is 18.2 Å². The summed E-state index contributed by atoms with van der Waals surface area (Å²) in [5.41, 5.74) is 1.44. The molecule has 0 saturated carbocycles. The number of amides is 1. The topological polar surface area (TPSA) is 84.2 Å². The van der Waals surface area contributed by atoms with Crippen LogP contribution in [0.5, 0.6) is 5.75 Å². The highest BCUT2D eigenvalue weighted by Crippen LogP contribution is 2.28. The maximum atomic E-state index is 13.8. The Balaban J connectivity index is 1.94. The number of carbonyl (C=O) groups excluding carboxylic acids is 1. The Kier molecular flexibility index (Phi) is 4.79. The minimum absolute atomic E-state index is 0.119. The summed E-state index contributed by atoms with van der Waals surface area (Å²) in [5, 5.41) is 13.6. The van der Waals surface area contributed by atoms with E-state index in [0.29, 0.717) is 5.69 Å². The fraction of sp³-hybridized carbons (Fsp3) is 0.0870. The van der Waals surface area contributed by atoms with Crippen LogP contribution in [-0.2, 0) is 0 Å². The average molecular weight is 403 g/mol. The molecule has 0 aliphatic carbocycles. The second-order valence-electron chi connectivity index (χ2n) is 6.99. The molecule has 6 nitrogen and oxygen atoms in total. The van der Waals surface area contributed by atoms with Gasteiger partial charge < -0.3 is 10.4 Å². The summed E-state index contributed by atoms with van der Waals surface area (Å²) in [6.45, 7) is 3.76. The van der Waals surface area contributed by atoms with E-state index >= 15 is 0 Å². The lowest BCUT2D eigenvalue weighted by atomic mass is 10.1. The Morgan fingerprint density at radius 2 is 1.90 bits per heavy atom. The molecule has 0 fully saturated rings. The van der Waals surface area contributed by atoms with E-state index in [1.807, 2.05) is 26.0 Å². The van der Waals surface area contributed by atoms with Gasteiger partial charge in [-0.3, -0.25) is 14.2 Å². The molecule has 7 heteroatoms. The van der Waals surface area contributed by atoms with Crippen molar-refractivity contribution in [2.75, 3.05) is 5.32 Å². The fourth-order valence-corrected chi connectivity index (χ4v) is 3.40. The monoisotopic (exact) mass is 403 g/mol. The number of hydrogen-bond acceptors (Lipinski definition) is 4. The first-order chi connectivity index (χ1) is 14.4. The summed E-state index contributed by atoms with van der Waals surface area (Å²) >= 11 is 0. The number of aryl methyl sites for hydroxylation is 2. The van der Waals surface area contributed by atoms with Crippen LogP contribution in [0.1, 0.15) is 21.5 Å². The van der Waals surface area contributed by atoms with Crippen molar-refractivity contribution in [3.8, 4) is 11.4 Å². The third-order valence-corrected chi connectivity index (χ3v) is 4.83. The lowest BCUT2D eigenvalue weighted by molar-refractivity contribution is 0.102. The maximum Gasteiger partial charge on any atom is 0.273 e. The van der Waals surface area contributed by atoms with Crippen LogP contribution in [0.2, 0.25) is 0 Å². The van der Waals surface area contributed by atoms with E-state index in [9.17, 15) is 19.1 Å². The molecule has 0 saturated heterocycles. The highest BCUT2D eigenvalue weighted by Gasteiger charge is 2.24. The van der Waals surface area contributed by atoms with Gasteiger partial charge in [-0.15, -0.1) is 0 Å². The molecular weight excluding hydrogens is 385 g/mol. The van der Waals surface area contributed by atoms with Gasteiger partial charge in [-0.1, -0.05) is 23.8 Å². The van der Waals surface area contributed by atoms with Crippen molar-refractivity contribution >= 4 is 22.6 Å². The first kappa shape index (κ1) is 19.3. The molecule has 2 heterocycles. The number of anilines is 1. The van der Waals surface area contributed by atoms with E-state index < -0.39 is 28.6 Å². The normalized spacial score (nSPS) is 10.9. The minimum atomic E-state index is -0.799. The fourth-order valence-electron chi connectivity index (χ4n) is 3.40. The zero-order chi connectivity index (χ0) is 21.4. The van der Waals surface area contributed by atoms with Gasteiger partial charge in [0.1, 0.15) is 17.1 Å². The highest BCUT2D eigenvalue weighted by molar-refractivity contribution is 6.09. The molecule has 0 spiro atoms. The number of aromatic hydroxyl groups is 1. The first-order valence-electron chi connectivity index (χ1n) is 9.24. The lowest BCUT2D eigenvalue weighted by Gasteiger charge is -2.15. The summed E-state index contributed by atoms with van der Waals surface area (Å²) in [6.07, 6.45) is 1.45. The predicted octanol–water partition coefficient (Wildman–Crippen LogP) is 4.10. The zero-order valence-corrected chi connectivity index (χ0v) is 16.3. The van der Waals surface area contributed by atoms with Crippen LogP contribution in [0.4, 0.5) is 10.1 Å². The third-order valence-electron chi connectivity index (χ3n) is 4.83. The van der Waals surface area contributed by atoms with Gasteiger partial charge in [-0.25, -0.2) is 9.37 Å². The Labute approximate surface area is 171 Å². The Hall–Kier alpha value is -4.00. The molecule has 0 radical (unpaired) electrons. The molecule has 0 aliphatic heterocycles. The van der Waals surface area contributed by atoms with Crippen molar-refractivity contribution in [2.45, 2.75) is 13.8 Å². The van der Waals surface area contributed by atoms with Crippen LogP contribution in [0.3, 0.4) is 0 Å². The molecule has 1 amide bonds. The van der Waals surface area contributed by atoms with Crippen molar-refractivity contribution in [1.82, 2.24) is 9.55 Å². The quantitative estimate of drug-likeness (QED) is 0.539. The molecule has 0 unspecified atom stereocenters. The molecule has 2 N–H and O–H groups in total. The standard InChI is InChI=1S/C23H18FN3O3/c1-13-8-9-18(14(2)11-13)26-22(29)19-20(28)17-7-4-10-25-21(17)27(23(19)30)16-6-3-5-15(24)12-16/h3-12,28H,1-2H3,(H,26,29). The van der Waals surface area contributed by atoms with Crippen LogP contribution < -0.4 is 10.9 Å². The van der Waals surface area contributed by atoms with Crippen LogP contribution in [0.25, 0.3) is 16.7 Å². The van der Waals surface area contributed by atoms with Gasteiger partial charge in [0.15, 0.2) is 5.65 Å². The molecule has 4 rings (SSSR count). The minimum Gasteiger partial charge on any atom is -0.506 e. The van der Waals surface area contributed by atoms with Gasteiger partial charge >= 0.3 is 0 Å². The number of aromatic nitrogens is 2. The number of rotatable bonds is 3. The van der Waals surface area contributed by atoms with Gasteiger partial charge in [0.25, 0.3) is 11.5 Å². The van der Waals surface area contributed by atoms with E-state index in [4.69, 9.17) is 0 Å². The molecule has 30 heavy (non-hydrogen) atoms. The molecule has 0 aliphatic rings. The van der Waals surface area contributed by atoms with Crippen LogP contribution in [0.15, 0.2) is 65.6 Å². The summed E-state index contributed by atoms with van der Waals surface area (Å²) in [5.74, 6) is -1.78. The summed E-state index contributed by atoms with van der Waals surface area (Å²) in [4.78, 5) is 30.4. The molecular formula is C23H18FN3O3. The van der Waals surface area contributed by atoms with Gasteiger partial charge in [-0.2, -0.15) is 0 Å². The average Bonchev–Trinajstić information content (AvgIpc) is 2.70. The van der Waals surface area contributed by atoms with Crippen molar-refractivity contribution < 1.29 is 14.3 Å². The Morgan fingerprint density at radius 3 is 2.63 bits per heavy atom. The SMILES string of the molecule is Cc1ccc(NC(=O)c2c(O)c3cccnc3n(-c3cccc(F)c3)c2=O)c(C)c1.